The van der Waals surface area contributed by atoms with Gasteiger partial charge in [0, 0.05) is 25.7 Å². The van der Waals surface area contributed by atoms with Crippen LogP contribution in [0.25, 0.3) is 0 Å². The van der Waals surface area contributed by atoms with E-state index in [1.54, 1.807) is 0 Å². The van der Waals surface area contributed by atoms with Crippen LogP contribution in [0.3, 0.4) is 0 Å². The van der Waals surface area contributed by atoms with E-state index in [9.17, 15) is 43.2 Å². The molecule has 4 atom stereocenters. The molecule has 0 aliphatic rings. The summed E-state index contributed by atoms with van der Waals surface area (Å²) in [6.45, 7) is 4.83. The third kappa shape index (κ3) is 72.8. The molecule has 0 spiro atoms. The van der Waals surface area contributed by atoms with E-state index in [4.69, 9.17) is 37.0 Å². The highest BCUT2D eigenvalue weighted by molar-refractivity contribution is 7.47. The van der Waals surface area contributed by atoms with E-state index in [0.29, 0.717) is 25.7 Å². The molecule has 0 aromatic rings. The lowest BCUT2D eigenvalue weighted by atomic mass is 10.1. The van der Waals surface area contributed by atoms with E-state index >= 15 is 0 Å². The lowest BCUT2D eigenvalue weighted by Gasteiger charge is -2.21. The van der Waals surface area contributed by atoms with Gasteiger partial charge in [-0.05, 0) is 128 Å². The average molecular weight is 1450 g/mol. The van der Waals surface area contributed by atoms with Crippen LogP contribution in [-0.2, 0) is 65.4 Å². The Bertz CT molecular complexity index is 2030. The molecule has 3 N–H and O–H groups in total. The Morgan fingerprint density at radius 3 is 0.760 bits per heavy atom. The third-order valence-corrected chi connectivity index (χ3v) is 19.1. The number of aliphatic hydroxyl groups excluding tert-OH is 1. The number of aliphatic hydroxyl groups is 1. The predicted octanol–water partition coefficient (Wildman–Crippen LogP) is 23.2. The molecule has 0 heterocycles. The Morgan fingerprint density at radius 2 is 0.490 bits per heavy atom. The number of phosphoric acid groups is 2. The molecular formula is C81H146O17P2. The number of esters is 4. The summed E-state index contributed by atoms with van der Waals surface area (Å²) in [5, 5.41) is 10.6. The Balaban J connectivity index is 5.37. The fraction of sp³-hybridized carbons (Fsp3) is 0.802. The minimum Gasteiger partial charge on any atom is -0.462 e. The van der Waals surface area contributed by atoms with E-state index in [0.717, 1.165) is 154 Å². The quantitative estimate of drug-likeness (QED) is 0.0128. The van der Waals surface area contributed by atoms with Gasteiger partial charge < -0.3 is 33.8 Å². The van der Waals surface area contributed by atoms with E-state index < -0.39 is 97.5 Å². The number of unbranched alkanes of at least 4 members (excludes halogenated alkanes) is 40. The fourth-order valence-corrected chi connectivity index (χ4v) is 12.5. The fourth-order valence-electron chi connectivity index (χ4n) is 11.0. The Morgan fingerprint density at radius 1 is 0.280 bits per heavy atom. The van der Waals surface area contributed by atoms with Crippen LogP contribution in [-0.4, -0.2) is 96.7 Å². The molecule has 0 bridgehead atoms. The summed E-state index contributed by atoms with van der Waals surface area (Å²) in [5.74, 6) is -2.20. The van der Waals surface area contributed by atoms with E-state index in [-0.39, 0.29) is 25.7 Å². The molecule has 17 nitrogen and oxygen atoms in total. The maximum absolute atomic E-state index is 13.1. The monoisotopic (exact) mass is 1450 g/mol. The second-order valence-corrected chi connectivity index (χ2v) is 30.0. The summed E-state index contributed by atoms with van der Waals surface area (Å²) in [6, 6.07) is 0. The summed E-state index contributed by atoms with van der Waals surface area (Å²) in [6.07, 6.45) is 74.4. The standard InChI is InChI=1S/C81H146O17P2/c1-5-9-13-17-21-25-29-33-37-41-45-49-53-57-61-65-78(83)91-71-76(97-80(85)67-63-59-55-51-47-43-39-35-31-27-23-19-15-11-7-3)73-95-99(87,88)93-69-75(82)70-94-100(89,90)96-74-77(98-81(86)68-64-60-56-52-48-44-40-36-32-28-24-20-16-12-8-4)72-92-79(84)66-62-58-54-50-46-42-38-34-30-26-22-18-14-10-6-2/h25-26,29-30,33-40,75-77,82H,5-24,27-28,31-32,41-74H2,1-4H3,(H,87,88)(H,89,90)/b29-25-,30-26-,37-33-,38-34-,39-35-,40-36-/t76-,77-/m1/s1. The van der Waals surface area contributed by atoms with Gasteiger partial charge in [-0.25, -0.2) is 9.13 Å². The van der Waals surface area contributed by atoms with Crippen LogP contribution in [0.1, 0.15) is 362 Å². The maximum atomic E-state index is 13.1. The summed E-state index contributed by atoms with van der Waals surface area (Å²) in [5.41, 5.74) is 0. The number of allylic oxidation sites excluding steroid dienone is 12. The van der Waals surface area contributed by atoms with Crippen LogP contribution >= 0.6 is 15.6 Å². The van der Waals surface area contributed by atoms with Crippen molar-refractivity contribution in [2.24, 2.45) is 0 Å². The summed E-state index contributed by atoms with van der Waals surface area (Å²) in [4.78, 5) is 73.0. The van der Waals surface area contributed by atoms with Crippen LogP contribution in [0.5, 0.6) is 0 Å². The van der Waals surface area contributed by atoms with E-state index in [1.807, 2.05) is 0 Å². The minimum absolute atomic E-state index is 0.0840. The molecule has 0 saturated carbocycles. The highest BCUT2D eigenvalue weighted by atomic mass is 31.2. The number of ether oxygens (including phenoxy) is 4. The minimum atomic E-state index is -4.98. The lowest BCUT2D eigenvalue weighted by Crippen LogP contribution is -2.30. The van der Waals surface area contributed by atoms with Crippen LogP contribution in [0.4, 0.5) is 0 Å². The van der Waals surface area contributed by atoms with Crippen molar-refractivity contribution in [1.29, 1.82) is 0 Å². The molecular weight excluding hydrogens is 1310 g/mol. The van der Waals surface area contributed by atoms with Crippen molar-refractivity contribution in [1.82, 2.24) is 0 Å². The van der Waals surface area contributed by atoms with Gasteiger partial charge in [-0.15, -0.1) is 0 Å². The number of hydrogen-bond acceptors (Lipinski definition) is 15. The number of carbonyl (C=O) groups is 4. The summed E-state index contributed by atoms with van der Waals surface area (Å²) in [7, 11) is -9.96. The van der Waals surface area contributed by atoms with Gasteiger partial charge in [-0.3, -0.25) is 37.3 Å². The number of phosphoric ester groups is 2. The van der Waals surface area contributed by atoms with Crippen molar-refractivity contribution >= 4 is 39.5 Å². The first-order chi connectivity index (χ1) is 48.7. The van der Waals surface area contributed by atoms with Crippen molar-refractivity contribution in [2.75, 3.05) is 39.6 Å². The molecule has 0 saturated heterocycles. The number of carbonyl (C=O) groups excluding carboxylic acids is 4. The average Bonchev–Trinajstić information content (AvgIpc) is 1.01. The molecule has 0 aromatic heterocycles. The highest BCUT2D eigenvalue weighted by Gasteiger charge is 2.30. The smallest absolute Gasteiger partial charge is 0.462 e. The van der Waals surface area contributed by atoms with Gasteiger partial charge in [-0.2, -0.15) is 0 Å². The summed E-state index contributed by atoms with van der Waals surface area (Å²) < 4.78 is 68.6. The first-order valence-electron chi connectivity index (χ1n) is 40.2. The second kappa shape index (κ2) is 73.8. The second-order valence-electron chi connectivity index (χ2n) is 27.1. The molecule has 582 valence electrons. The van der Waals surface area contributed by atoms with Gasteiger partial charge >= 0.3 is 39.5 Å². The molecule has 0 aliphatic heterocycles. The van der Waals surface area contributed by atoms with Gasteiger partial charge in [0.2, 0.25) is 0 Å². The zero-order chi connectivity index (χ0) is 73.2. The van der Waals surface area contributed by atoms with Crippen LogP contribution in [0.2, 0.25) is 0 Å². The van der Waals surface area contributed by atoms with Gasteiger partial charge in [0.15, 0.2) is 12.2 Å². The largest absolute Gasteiger partial charge is 0.472 e. The number of hydrogen-bond donors (Lipinski definition) is 3. The topological polar surface area (TPSA) is 237 Å². The third-order valence-electron chi connectivity index (χ3n) is 17.2. The summed E-state index contributed by atoms with van der Waals surface area (Å²) >= 11 is 0. The van der Waals surface area contributed by atoms with Crippen molar-refractivity contribution < 1.29 is 80.2 Å². The normalized spacial score (nSPS) is 14.3. The zero-order valence-corrected chi connectivity index (χ0v) is 65.4. The van der Waals surface area contributed by atoms with Crippen molar-refractivity contribution in [2.45, 2.75) is 380 Å². The van der Waals surface area contributed by atoms with E-state index in [2.05, 4.69) is 101 Å². The van der Waals surface area contributed by atoms with Crippen molar-refractivity contribution in [3.8, 4) is 0 Å². The van der Waals surface area contributed by atoms with Crippen LogP contribution in [0, 0.1) is 0 Å². The molecule has 0 amide bonds. The molecule has 0 fully saturated rings. The van der Waals surface area contributed by atoms with Crippen LogP contribution < -0.4 is 0 Å². The van der Waals surface area contributed by atoms with Gasteiger partial charge in [0.25, 0.3) is 0 Å². The predicted molar refractivity (Wildman–Crippen MR) is 409 cm³/mol. The van der Waals surface area contributed by atoms with Crippen molar-refractivity contribution in [3.63, 3.8) is 0 Å². The molecule has 0 aromatic carbocycles. The lowest BCUT2D eigenvalue weighted by molar-refractivity contribution is -0.161. The first kappa shape index (κ1) is 96.5. The van der Waals surface area contributed by atoms with E-state index in [1.165, 1.54) is 128 Å². The maximum Gasteiger partial charge on any atom is 0.472 e. The SMILES string of the molecule is CCCCCC/C=C\C=C/CCCCCCCC(=O)OC[C@H](COP(=O)(O)OCC(O)COP(=O)(O)OC[C@@H](COC(=O)CCCCCCC/C=C\C=C/CCCCCC)OC(=O)CCCCCCC/C=C\CCCCCCCC)OC(=O)CCCCCCC/C=C\CCCCCCCC. The highest BCUT2D eigenvalue weighted by Crippen LogP contribution is 2.45. The molecule has 0 aliphatic carbocycles. The zero-order valence-electron chi connectivity index (χ0n) is 63.6. The first-order valence-corrected chi connectivity index (χ1v) is 43.2. The van der Waals surface area contributed by atoms with Crippen molar-refractivity contribution in [3.05, 3.63) is 72.9 Å². The number of rotatable bonds is 76. The van der Waals surface area contributed by atoms with Gasteiger partial charge in [0.1, 0.15) is 19.3 Å². The molecule has 2 unspecified atom stereocenters. The Hall–Kier alpha value is -3.50. The Labute approximate surface area is 609 Å². The molecule has 100 heavy (non-hydrogen) atoms. The van der Waals surface area contributed by atoms with Gasteiger partial charge in [0.05, 0.1) is 26.4 Å². The molecule has 19 heteroatoms. The van der Waals surface area contributed by atoms with Gasteiger partial charge in [-0.1, -0.05) is 280 Å². The van der Waals surface area contributed by atoms with Crippen LogP contribution in [0.15, 0.2) is 72.9 Å². The molecule has 0 rings (SSSR count). The molecule has 0 radical (unpaired) electrons. The Kier molecular flexibility index (Phi) is 71.2.